The minimum absolute atomic E-state index is 0.103. The van der Waals surface area contributed by atoms with E-state index in [4.69, 9.17) is 10.6 Å². The average Bonchev–Trinajstić information content (AvgIpc) is 2.89. The fraction of sp³-hybridized carbons (Fsp3) is 0.786. The molecule has 0 rings (SSSR count). The highest BCUT2D eigenvalue weighted by molar-refractivity contribution is 5.69. The largest absolute Gasteiger partial charge is 0.469 e. The van der Waals surface area contributed by atoms with E-state index in [1.165, 1.54) is 33.5 Å². The predicted molar refractivity (Wildman–Crippen MR) is 147 cm³/mol. The van der Waals surface area contributed by atoms with Gasteiger partial charge in [0, 0.05) is 30.9 Å². The van der Waals surface area contributed by atoms with Gasteiger partial charge in [0.2, 0.25) is 0 Å². The lowest BCUT2D eigenvalue weighted by Gasteiger charge is -1.99. The summed E-state index contributed by atoms with van der Waals surface area (Å²) in [6, 6.07) is 0. The molecule has 0 fully saturated rings. The smallest absolute Gasteiger partial charge is 0.305 e. The van der Waals surface area contributed by atoms with Crippen molar-refractivity contribution in [2.24, 2.45) is 5.11 Å². The molecule has 0 aliphatic heterocycles. The average molecular weight is 510 g/mol. The van der Waals surface area contributed by atoms with Crippen molar-refractivity contribution in [3.05, 3.63) is 34.7 Å². The van der Waals surface area contributed by atoms with Crippen LogP contribution in [0.15, 0.2) is 29.4 Å². The van der Waals surface area contributed by atoms with E-state index in [0.29, 0.717) is 26.0 Å². The number of rotatable bonds is 23. The topological polar surface area (TPSA) is 122 Å². The molecule has 0 heterocycles. The normalized spacial score (nSPS) is 10.6. The van der Waals surface area contributed by atoms with Crippen LogP contribution >= 0.6 is 0 Å². The van der Waals surface area contributed by atoms with Crippen LogP contribution in [0.2, 0.25) is 0 Å². The monoisotopic (exact) mass is 509 g/mol. The summed E-state index contributed by atoms with van der Waals surface area (Å²) >= 11 is 0. The number of hydrogen-bond donors (Lipinski definition) is 1. The highest BCUT2D eigenvalue weighted by Gasteiger charge is 1.99. The number of aliphatic hydroxyl groups excluding tert-OH is 1. The lowest BCUT2D eigenvalue weighted by Crippen LogP contribution is -1.98. The zero-order valence-corrected chi connectivity index (χ0v) is 22.9. The van der Waals surface area contributed by atoms with E-state index in [-0.39, 0.29) is 11.9 Å². The second-order valence-electron chi connectivity index (χ2n) is 8.67. The van der Waals surface area contributed by atoms with Gasteiger partial charge in [-0.2, -0.15) is 0 Å². The number of nitrogens with zero attached hydrogens (tertiary/aromatic N) is 3. The molecule has 0 aliphatic rings. The second-order valence-corrected chi connectivity index (χ2v) is 8.67. The van der Waals surface area contributed by atoms with E-state index in [9.17, 15) is 9.59 Å². The SMILES string of the molecule is COC(=O)CCCCCC/C=C\CCCCN=[N+]=[N-].COC(=O)CCCCCC/C=C\CCCCO. The Morgan fingerprint density at radius 2 is 1.06 bits per heavy atom. The van der Waals surface area contributed by atoms with Gasteiger partial charge >= 0.3 is 11.9 Å². The molecule has 8 nitrogen and oxygen atoms in total. The molecule has 0 aromatic carbocycles. The van der Waals surface area contributed by atoms with Gasteiger partial charge in [0.25, 0.3) is 0 Å². The third-order valence-electron chi connectivity index (χ3n) is 5.51. The Balaban J connectivity index is 0. The van der Waals surface area contributed by atoms with Crippen molar-refractivity contribution in [1.29, 1.82) is 0 Å². The Morgan fingerprint density at radius 1 is 0.667 bits per heavy atom. The highest BCUT2D eigenvalue weighted by atomic mass is 16.5. The number of hydrogen-bond acceptors (Lipinski definition) is 6. The van der Waals surface area contributed by atoms with Gasteiger partial charge in [-0.05, 0) is 82.6 Å². The summed E-state index contributed by atoms with van der Waals surface area (Å²) in [4.78, 5) is 24.4. The van der Waals surface area contributed by atoms with E-state index in [1.54, 1.807) is 0 Å². The van der Waals surface area contributed by atoms with Crippen LogP contribution in [-0.2, 0) is 19.1 Å². The maximum Gasteiger partial charge on any atom is 0.305 e. The first-order valence-electron chi connectivity index (χ1n) is 13.7. The second kappa shape index (κ2) is 32.7. The number of allylic oxidation sites excluding steroid dienone is 4. The van der Waals surface area contributed by atoms with Gasteiger partial charge in [0.05, 0.1) is 14.2 Å². The molecule has 0 unspecified atom stereocenters. The lowest BCUT2D eigenvalue weighted by atomic mass is 10.1. The summed E-state index contributed by atoms with van der Waals surface area (Å²) in [6.07, 6.45) is 27.1. The van der Waals surface area contributed by atoms with Crippen molar-refractivity contribution < 1.29 is 24.2 Å². The molecule has 0 atom stereocenters. The molecule has 0 amide bonds. The van der Waals surface area contributed by atoms with Crippen LogP contribution in [0.3, 0.4) is 0 Å². The number of aliphatic hydroxyl groups is 1. The Morgan fingerprint density at radius 3 is 1.44 bits per heavy atom. The molecule has 0 aliphatic carbocycles. The number of unbranched alkanes of at least 4 members (excludes halogenated alkanes) is 12. The molecule has 0 radical (unpaired) electrons. The Labute approximate surface area is 219 Å². The molecule has 8 heteroatoms. The minimum atomic E-state index is -0.111. The van der Waals surface area contributed by atoms with E-state index in [2.05, 4.69) is 43.8 Å². The number of azide groups is 1. The molecule has 36 heavy (non-hydrogen) atoms. The molecule has 0 spiro atoms. The molecule has 0 saturated carbocycles. The van der Waals surface area contributed by atoms with Gasteiger partial charge in [0.1, 0.15) is 0 Å². The molecule has 0 aromatic heterocycles. The minimum Gasteiger partial charge on any atom is -0.469 e. The number of carbonyl (C=O) groups is 2. The fourth-order valence-electron chi connectivity index (χ4n) is 3.31. The number of ether oxygens (including phenoxy) is 2. The summed E-state index contributed by atoms with van der Waals surface area (Å²) in [5.41, 5.74) is 8.09. The third-order valence-corrected chi connectivity index (χ3v) is 5.51. The van der Waals surface area contributed by atoms with Crippen molar-refractivity contribution in [2.75, 3.05) is 27.4 Å². The van der Waals surface area contributed by atoms with Crippen LogP contribution in [0, 0.1) is 0 Å². The van der Waals surface area contributed by atoms with Crippen molar-refractivity contribution in [2.45, 2.75) is 116 Å². The van der Waals surface area contributed by atoms with Gasteiger partial charge in [0.15, 0.2) is 0 Å². The molecule has 208 valence electrons. The van der Waals surface area contributed by atoms with Crippen molar-refractivity contribution in [3.8, 4) is 0 Å². The van der Waals surface area contributed by atoms with Gasteiger partial charge < -0.3 is 14.6 Å². The van der Waals surface area contributed by atoms with Gasteiger partial charge in [-0.15, -0.1) is 0 Å². The van der Waals surface area contributed by atoms with Crippen LogP contribution < -0.4 is 0 Å². The molecule has 0 bridgehead atoms. The van der Waals surface area contributed by atoms with Crippen LogP contribution in [-0.4, -0.2) is 44.4 Å². The fourth-order valence-corrected chi connectivity index (χ4v) is 3.31. The predicted octanol–water partition coefficient (Wildman–Crippen LogP) is 7.76. The first-order chi connectivity index (χ1) is 17.6. The van der Waals surface area contributed by atoms with Crippen molar-refractivity contribution in [1.82, 2.24) is 0 Å². The van der Waals surface area contributed by atoms with Crippen LogP contribution in [0.5, 0.6) is 0 Å². The summed E-state index contributed by atoms with van der Waals surface area (Å²) in [5.74, 6) is -0.214. The molecule has 0 saturated heterocycles. The molecular weight excluding hydrogens is 458 g/mol. The zero-order chi connectivity index (χ0) is 27.0. The summed E-state index contributed by atoms with van der Waals surface area (Å²) < 4.78 is 9.15. The van der Waals surface area contributed by atoms with E-state index in [1.807, 2.05) is 0 Å². The molecule has 0 aromatic rings. The highest BCUT2D eigenvalue weighted by Crippen LogP contribution is 2.08. The van der Waals surface area contributed by atoms with E-state index >= 15 is 0 Å². The van der Waals surface area contributed by atoms with Crippen molar-refractivity contribution in [3.63, 3.8) is 0 Å². The lowest BCUT2D eigenvalue weighted by molar-refractivity contribution is -0.141. The number of carbonyl (C=O) groups excluding carboxylic acids is 2. The van der Waals surface area contributed by atoms with Gasteiger partial charge in [-0.25, -0.2) is 0 Å². The van der Waals surface area contributed by atoms with Gasteiger partial charge in [-0.1, -0.05) is 55.1 Å². The Hall–Kier alpha value is -2.31. The number of methoxy groups -OCH3 is 2. The summed E-state index contributed by atoms with van der Waals surface area (Å²) in [5, 5.41) is 12.1. The molecule has 1 N–H and O–H groups in total. The van der Waals surface area contributed by atoms with Crippen molar-refractivity contribution >= 4 is 11.9 Å². The summed E-state index contributed by atoms with van der Waals surface area (Å²) in [6.45, 7) is 0.901. The third kappa shape index (κ3) is 33.9. The summed E-state index contributed by atoms with van der Waals surface area (Å²) in [7, 11) is 2.86. The first kappa shape index (κ1) is 35.8. The van der Waals surface area contributed by atoms with Crippen LogP contribution in [0.1, 0.15) is 116 Å². The van der Waals surface area contributed by atoms with Crippen LogP contribution in [0.25, 0.3) is 10.4 Å². The first-order valence-corrected chi connectivity index (χ1v) is 13.7. The zero-order valence-electron chi connectivity index (χ0n) is 22.9. The standard InChI is InChI=1S/C14H25N3O2.C14H26O3/c1-19-14(18)12-10-8-6-4-2-3-5-7-9-11-13-16-17-15;1-17-14(16)12-10-8-6-4-2-3-5-7-9-11-13-15/h3,5H,2,4,6-13H2,1H3;3,5,15H,2,4,6-13H2,1H3/b2*5-3-. The molecular formula is C28H51N3O5. The quantitative estimate of drug-likeness (QED) is 0.0376. The maximum absolute atomic E-state index is 10.9. The van der Waals surface area contributed by atoms with Gasteiger partial charge in [-0.3, -0.25) is 9.59 Å². The van der Waals surface area contributed by atoms with E-state index in [0.717, 1.165) is 83.5 Å². The van der Waals surface area contributed by atoms with E-state index < -0.39 is 0 Å². The number of esters is 2. The Bertz CT molecular complexity index is 602. The Kier molecular flexibility index (Phi) is 32.6. The van der Waals surface area contributed by atoms with Crippen LogP contribution in [0.4, 0.5) is 0 Å². The maximum atomic E-state index is 10.9.